The molecule has 0 aliphatic carbocycles. The Hall–Kier alpha value is -1.13. The zero-order valence-corrected chi connectivity index (χ0v) is 12.2. The molecular weight excluding hydrogens is 236 g/mol. The van der Waals surface area contributed by atoms with E-state index in [1.165, 1.54) is 25.1 Å². The first kappa shape index (κ1) is 14.3. The van der Waals surface area contributed by atoms with Crippen LogP contribution < -0.4 is 5.32 Å². The fourth-order valence-electron chi connectivity index (χ4n) is 2.47. The zero-order valence-electron chi connectivity index (χ0n) is 12.2. The molecule has 1 fully saturated rings. The molecule has 0 spiro atoms. The van der Waals surface area contributed by atoms with E-state index >= 15 is 0 Å². The van der Waals surface area contributed by atoms with E-state index in [0.29, 0.717) is 0 Å². The lowest BCUT2D eigenvalue weighted by molar-refractivity contribution is 0.269. The lowest BCUT2D eigenvalue weighted by Gasteiger charge is -2.21. The van der Waals surface area contributed by atoms with Crippen molar-refractivity contribution < 1.29 is 0 Å². The third-order valence-electron chi connectivity index (χ3n) is 3.64. The molecule has 19 heavy (non-hydrogen) atoms. The predicted octanol–water partition coefficient (Wildman–Crippen LogP) is 2.04. The first-order chi connectivity index (χ1) is 9.29. The molecule has 4 heteroatoms. The maximum Gasteiger partial charge on any atom is 0.130 e. The predicted molar refractivity (Wildman–Crippen MR) is 80.4 cm³/mol. The summed E-state index contributed by atoms with van der Waals surface area (Å²) in [7, 11) is 2.21. The van der Waals surface area contributed by atoms with Crippen molar-refractivity contribution >= 4 is 5.82 Å². The molecule has 1 aliphatic rings. The second kappa shape index (κ2) is 7.46. The van der Waals surface area contributed by atoms with E-state index in [-0.39, 0.29) is 0 Å². The van der Waals surface area contributed by atoms with Crippen LogP contribution in [-0.2, 0) is 6.54 Å². The Bertz CT molecular complexity index is 380. The van der Waals surface area contributed by atoms with Gasteiger partial charge in [-0.3, -0.25) is 4.90 Å². The minimum absolute atomic E-state index is 0.993. The average Bonchev–Trinajstić information content (AvgIpc) is 2.63. The largest absolute Gasteiger partial charge is 0.370 e. The summed E-state index contributed by atoms with van der Waals surface area (Å²) in [5, 5.41) is 3.43. The van der Waals surface area contributed by atoms with Gasteiger partial charge in [0.15, 0.2) is 0 Å². The molecule has 2 heterocycles. The summed E-state index contributed by atoms with van der Waals surface area (Å²) in [6.45, 7) is 8.90. The van der Waals surface area contributed by atoms with Crippen molar-refractivity contribution in [1.82, 2.24) is 14.8 Å². The standard InChI is InChI=1S/C15H26N4/c1-3-7-16-15-14(6-4-8-17-15)13-19-10-5-9-18(2)11-12-19/h4,6,8H,3,5,7,9-13H2,1-2H3,(H,16,17). The highest BCUT2D eigenvalue weighted by molar-refractivity contribution is 5.43. The highest BCUT2D eigenvalue weighted by Gasteiger charge is 2.13. The number of rotatable bonds is 5. The molecule has 0 bridgehead atoms. The molecule has 0 unspecified atom stereocenters. The molecule has 1 aliphatic heterocycles. The molecule has 1 aromatic heterocycles. The summed E-state index contributed by atoms with van der Waals surface area (Å²) in [6.07, 6.45) is 4.26. The van der Waals surface area contributed by atoms with Gasteiger partial charge in [-0.05, 0) is 39.0 Å². The molecule has 1 saturated heterocycles. The number of pyridine rings is 1. The SMILES string of the molecule is CCCNc1ncccc1CN1CCCN(C)CC1. The van der Waals surface area contributed by atoms with E-state index in [2.05, 4.69) is 40.1 Å². The van der Waals surface area contributed by atoms with Gasteiger partial charge in [-0.2, -0.15) is 0 Å². The summed E-state index contributed by atoms with van der Waals surface area (Å²) >= 11 is 0. The summed E-state index contributed by atoms with van der Waals surface area (Å²) in [6, 6.07) is 4.23. The van der Waals surface area contributed by atoms with Gasteiger partial charge in [0.05, 0.1) is 0 Å². The third kappa shape index (κ3) is 4.48. The van der Waals surface area contributed by atoms with Crippen LogP contribution in [-0.4, -0.2) is 54.6 Å². The molecule has 0 amide bonds. The highest BCUT2D eigenvalue weighted by atomic mass is 15.2. The molecule has 1 aromatic rings. The van der Waals surface area contributed by atoms with Crippen LogP contribution in [0.1, 0.15) is 25.3 Å². The first-order valence-corrected chi connectivity index (χ1v) is 7.38. The second-order valence-electron chi connectivity index (χ2n) is 5.37. The van der Waals surface area contributed by atoms with Crippen molar-refractivity contribution in [3.8, 4) is 0 Å². The lowest BCUT2D eigenvalue weighted by Crippen LogP contribution is -2.29. The van der Waals surface area contributed by atoms with Crippen molar-refractivity contribution in [3.05, 3.63) is 23.9 Å². The zero-order chi connectivity index (χ0) is 13.5. The van der Waals surface area contributed by atoms with Gasteiger partial charge in [-0.1, -0.05) is 13.0 Å². The maximum absolute atomic E-state index is 4.47. The Balaban J connectivity index is 1.97. The van der Waals surface area contributed by atoms with Crippen LogP contribution in [0.3, 0.4) is 0 Å². The van der Waals surface area contributed by atoms with Crippen molar-refractivity contribution in [3.63, 3.8) is 0 Å². The second-order valence-corrected chi connectivity index (χ2v) is 5.37. The number of hydrogen-bond donors (Lipinski definition) is 1. The van der Waals surface area contributed by atoms with Gasteiger partial charge in [-0.15, -0.1) is 0 Å². The first-order valence-electron chi connectivity index (χ1n) is 7.38. The van der Waals surface area contributed by atoms with Crippen molar-refractivity contribution in [1.29, 1.82) is 0 Å². The molecule has 0 saturated carbocycles. The van der Waals surface area contributed by atoms with Crippen LogP contribution >= 0.6 is 0 Å². The van der Waals surface area contributed by atoms with E-state index < -0.39 is 0 Å². The van der Waals surface area contributed by atoms with Gasteiger partial charge >= 0.3 is 0 Å². The molecule has 2 rings (SSSR count). The van der Waals surface area contributed by atoms with Crippen LogP contribution in [0.25, 0.3) is 0 Å². The Morgan fingerprint density at radius 1 is 1.26 bits per heavy atom. The smallest absolute Gasteiger partial charge is 0.130 e. The number of anilines is 1. The van der Waals surface area contributed by atoms with Crippen LogP contribution in [0.5, 0.6) is 0 Å². The highest BCUT2D eigenvalue weighted by Crippen LogP contribution is 2.15. The van der Waals surface area contributed by atoms with Gasteiger partial charge < -0.3 is 10.2 Å². The minimum Gasteiger partial charge on any atom is -0.370 e. The number of hydrogen-bond acceptors (Lipinski definition) is 4. The van der Waals surface area contributed by atoms with Gasteiger partial charge in [0.1, 0.15) is 5.82 Å². The summed E-state index contributed by atoms with van der Waals surface area (Å²) < 4.78 is 0. The Morgan fingerprint density at radius 2 is 2.16 bits per heavy atom. The Labute approximate surface area is 116 Å². The minimum atomic E-state index is 0.993. The topological polar surface area (TPSA) is 31.4 Å². The quantitative estimate of drug-likeness (QED) is 0.880. The molecule has 4 nitrogen and oxygen atoms in total. The normalized spacial score (nSPS) is 18.2. The summed E-state index contributed by atoms with van der Waals surface area (Å²) in [5.41, 5.74) is 1.32. The van der Waals surface area contributed by atoms with Crippen molar-refractivity contribution in [2.24, 2.45) is 0 Å². The van der Waals surface area contributed by atoms with Crippen molar-refractivity contribution in [2.75, 3.05) is 45.1 Å². The van der Waals surface area contributed by atoms with E-state index in [0.717, 1.165) is 38.4 Å². The van der Waals surface area contributed by atoms with E-state index in [1.54, 1.807) is 0 Å². The van der Waals surface area contributed by atoms with Crippen LogP contribution in [0.4, 0.5) is 5.82 Å². The van der Waals surface area contributed by atoms with Crippen molar-refractivity contribution in [2.45, 2.75) is 26.3 Å². The van der Waals surface area contributed by atoms with Crippen LogP contribution in [0.2, 0.25) is 0 Å². The van der Waals surface area contributed by atoms with E-state index in [9.17, 15) is 0 Å². The summed E-state index contributed by atoms with van der Waals surface area (Å²) in [5.74, 6) is 1.06. The number of likely N-dealkylation sites (N-methyl/N-ethyl adjacent to an activating group) is 1. The van der Waals surface area contributed by atoms with Crippen LogP contribution in [0, 0.1) is 0 Å². The third-order valence-corrected chi connectivity index (χ3v) is 3.64. The monoisotopic (exact) mass is 262 g/mol. The Morgan fingerprint density at radius 3 is 3.00 bits per heavy atom. The molecule has 0 radical (unpaired) electrons. The lowest BCUT2D eigenvalue weighted by atomic mass is 10.2. The maximum atomic E-state index is 4.47. The number of nitrogens with zero attached hydrogens (tertiary/aromatic N) is 3. The van der Waals surface area contributed by atoms with Gasteiger partial charge in [0.2, 0.25) is 0 Å². The Kier molecular flexibility index (Phi) is 5.61. The van der Waals surface area contributed by atoms with E-state index in [1.807, 2.05) is 12.3 Å². The van der Waals surface area contributed by atoms with Gasteiger partial charge in [0.25, 0.3) is 0 Å². The fraction of sp³-hybridized carbons (Fsp3) is 0.667. The average molecular weight is 262 g/mol. The van der Waals surface area contributed by atoms with Gasteiger partial charge in [-0.25, -0.2) is 4.98 Å². The number of aromatic nitrogens is 1. The molecule has 106 valence electrons. The van der Waals surface area contributed by atoms with Crippen LogP contribution in [0.15, 0.2) is 18.3 Å². The molecular formula is C15H26N4. The fourth-order valence-corrected chi connectivity index (χ4v) is 2.47. The summed E-state index contributed by atoms with van der Waals surface area (Å²) in [4.78, 5) is 9.43. The van der Waals surface area contributed by atoms with Gasteiger partial charge in [0, 0.05) is 37.9 Å². The molecule has 1 N–H and O–H groups in total. The molecule has 0 aromatic carbocycles. The van der Waals surface area contributed by atoms with E-state index in [4.69, 9.17) is 0 Å². The molecule has 0 atom stereocenters. The number of nitrogens with one attached hydrogen (secondary N) is 1.